The maximum absolute atomic E-state index is 11.8. The highest BCUT2D eigenvalue weighted by Gasteiger charge is 2.38. The third-order valence-corrected chi connectivity index (χ3v) is 4.78. The van der Waals surface area contributed by atoms with Gasteiger partial charge in [0.15, 0.2) is 0 Å². The van der Waals surface area contributed by atoms with Gasteiger partial charge in [0, 0.05) is 46.2 Å². The summed E-state index contributed by atoms with van der Waals surface area (Å²) in [6.45, 7) is 4.61. The van der Waals surface area contributed by atoms with Crippen molar-refractivity contribution in [3.8, 4) is 0 Å². The van der Waals surface area contributed by atoms with Gasteiger partial charge in [-0.3, -0.25) is 4.79 Å². The molecular formula is C8H15N3O3S. The van der Waals surface area contributed by atoms with Gasteiger partial charge in [0.25, 0.3) is 10.2 Å². The highest BCUT2D eigenvalue weighted by atomic mass is 32.2. The van der Waals surface area contributed by atoms with E-state index in [4.69, 9.17) is 0 Å². The van der Waals surface area contributed by atoms with Crippen LogP contribution in [0.15, 0.2) is 0 Å². The topological polar surface area (TPSA) is 60.7 Å². The lowest BCUT2D eigenvalue weighted by Gasteiger charge is -2.33. The summed E-state index contributed by atoms with van der Waals surface area (Å²) in [7, 11) is -3.21. The number of hydrogen-bond donors (Lipinski definition) is 0. The second-order valence-electron chi connectivity index (χ2n) is 3.81. The van der Waals surface area contributed by atoms with Crippen LogP contribution >= 0.6 is 0 Å². The average molecular weight is 233 g/mol. The fourth-order valence-electron chi connectivity index (χ4n) is 1.67. The van der Waals surface area contributed by atoms with Gasteiger partial charge in [0.2, 0.25) is 5.91 Å². The molecule has 2 aliphatic heterocycles. The molecule has 7 heteroatoms. The van der Waals surface area contributed by atoms with Gasteiger partial charge in [0.1, 0.15) is 0 Å². The summed E-state index contributed by atoms with van der Waals surface area (Å²) in [5.41, 5.74) is 0. The number of carbonyl (C=O) groups excluding carboxylic acids is 1. The SMILES string of the molecule is CC(=O)N1CCN(S(=O)(=O)N2CC2)CC1. The molecule has 0 N–H and O–H groups in total. The molecule has 0 unspecified atom stereocenters. The van der Waals surface area contributed by atoms with Crippen molar-refractivity contribution in [2.24, 2.45) is 0 Å². The maximum atomic E-state index is 11.8. The van der Waals surface area contributed by atoms with Gasteiger partial charge in [-0.1, -0.05) is 0 Å². The zero-order valence-corrected chi connectivity index (χ0v) is 9.53. The van der Waals surface area contributed by atoms with Gasteiger partial charge in [-0.15, -0.1) is 0 Å². The highest BCUT2D eigenvalue weighted by Crippen LogP contribution is 2.18. The molecule has 15 heavy (non-hydrogen) atoms. The number of amides is 1. The molecule has 0 aliphatic carbocycles. The van der Waals surface area contributed by atoms with Gasteiger partial charge in [-0.25, -0.2) is 0 Å². The summed E-state index contributed by atoms with van der Waals surface area (Å²) in [4.78, 5) is 12.7. The molecule has 0 aromatic rings. The van der Waals surface area contributed by atoms with Crippen molar-refractivity contribution in [3.05, 3.63) is 0 Å². The highest BCUT2D eigenvalue weighted by molar-refractivity contribution is 7.87. The minimum Gasteiger partial charge on any atom is -0.340 e. The van der Waals surface area contributed by atoms with E-state index in [1.807, 2.05) is 0 Å². The standard InChI is InChI=1S/C8H15N3O3S/c1-8(12)9-2-4-10(5-3-9)15(13,14)11-6-7-11/h2-7H2,1H3. The molecular weight excluding hydrogens is 218 g/mol. The minimum absolute atomic E-state index is 0.0128. The zero-order chi connectivity index (χ0) is 11.1. The summed E-state index contributed by atoms with van der Waals surface area (Å²) in [6.07, 6.45) is 0. The molecule has 0 atom stereocenters. The van der Waals surface area contributed by atoms with Crippen LogP contribution in [0, 0.1) is 0 Å². The molecule has 0 saturated carbocycles. The molecule has 0 aromatic heterocycles. The lowest BCUT2D eigenvalue weighted by Crippen LogP contribution is -2.51. The second-order valence-corrected chi connectivity index (χ2v) is 5.74. The van der Waals surface area contributed by atoms with Crippen molar-refractivity contribution in [1.82, 2.24) is 13.5 Å². The first kappa shape index (κ1) is 10.8. The largest absolute Gasteiger partial charge is 0.340 e. The van der Waals surface area contributed by atoms with Crippen LogP contribution in [0.25, 0.3) is 0 Å². The van der Waals surface area contributed by atoms with E-state index >= 15 is 0 Å². The summed E-state index contributed by atoms with van der Waals surface area (Å²) in [5, 5.41) is 0. The zero-order valence-electron chi connectivity index (χ0n) is 8.72. The van der Waals surface area contributed by atoms with E-state index in [9.17, 15) is 13.2 Å². The van der Waals surface area contributed by atoms with E-state index in [1.54, 1.807) is 4.90 Å². The molecule has 2 saturated heterocycles. The van der Waals surface area contributed by atoms with Crippen LogP contribution in [0.4, 0.5) is 0 Å². The van der Waals surface area contributed by atoms with Crippen LogP contribution < -0.4 is 0 Å². The molecule has 6 nitrogen and oxygen atoms in total. The number of rotatable bonds is 2. The van der Waals surface area contributed by atoms with Crippen molar-refractivity contribution >= 4 is 16.1 Å². The Morgan fingerprint density at radius 1 is 0.933 bits per heavy atom. The lowest BCUT2D eigenvalue weighted by atomic mass is 10.3. The molecule has 2 fully saturated rings. The Bertz CT molecular complexity index is 355. The summed E-state index contributed by atoms with van der Waals surface area (Å²) in [6, 6.07) is 0. The molecule has 0 bridgehead atoms. The fourth-order valence-corrected chi connectivity index (χ4v) is 3.16. The molecule has 0 aromatic carbocycles. The fraction of sp³-hybridized carbons (Fsp3) is 0.875. The Balaban J connectivity index is 1.96. The molecule has 2 heterocycles. The van der Waals surface area contributed by atoms with E-state index in [1.165, 1.54) is 15.5 Å². The maximum Gasteiger partial charge on any atom is 0.282 e. The first-order valence-corrected chi connectivity index (χ1v) is 6.42. The van der Waals surface area contributed by atoms with E-state index in [0.717, 1.165) is 0 Å². The lowest BCUT2D eigenvalue weighted by molar-refractivity contribution is -0.129. The monoisotopic (exact) mass is 233 g/mol. The molecule has 2 aliphatic rings. The smallest absolute Gasteiger partial charge is 0.282 e. The van der Waals surface area contributed by atoms with Crippen molar-refractivity contribution in [1.29, 1.82) is 0 Å². The van der Waals surface area contributed by atoms with Gasteiger partial charge in [-0.2, -0.15) is 17.0 Å². The first-order valence-electron chi connectivity index (χ1n) is 5.02. The van der Waals surface area contributed by atoms with Gasteiger partial charge < -0.3 is 4.90 Å². The van der Waals surface area contributed by atoms with Crippen LogP contribution in [0.1, 0.15) is 6.92 Å². The van der Waals surface area contributed by atoms with E-state index in [2.05, 4.69) is 0 Å². The normalized spacial score (nSPS) is 24.2. The predicted molar refractivity (Wildman–Crippen MR) is 54.3 cm³/mol. The Morgan fingerprint density at radius 2 is 1.33 bits per heavy atom. The van der Waals surface area contributed by atoms with Crippen LogP contribution in [-0.4, -0.2) is 67.1 Å². The van der Waals surface area contributed by atoms with E-state index < -0.39 is 10.2 Å². The van der Waals surface area contributed by atoms with Crippen LogP contribution in [0.5, 0.6) is 0 Å². The van der Waals surface area contributed by atoms with Crippen LogP contribution in [-0.2, 0) is 15.0 Å². The average Bonchev–Trinajstić information content (AvgIpc) is 3.01. The van der Waals surface area contributed by atoms with Crippen molar-refractivity contribution in [3.63, 3.8) is 0 Å². The van der Waals surface area contributed by atoms with Crippen LogP contribution in [0.2, 0.25) is 0 Å². The third-order valence-electron chi connectivity index (χ3n) is 2.74. The molecule has 1 amide bonds. The summed E-state index contributed by atoms with van der Waals surface area (Å²) in [5.74, 6) is 0.0128. The summed E-state index contributed by atoms with van der Waals surface area (Å²) < 4.78 is 26.4. The predicted octanol–water partition coefficient (Wildman–Crippen LogP) is -1.29. The Morgan fingerprint density at radius 3 is 1.67 bits per heavy atom. The van der Waals surface area contributed by atoms with Crippen LogP contribution in [0.3, 0.4) is 0 Å². The molecule has 0 spiro atoms. The molecule has 86 valence electrons. The number of nitrogens with zero attached hydrogens (tertiary/aromatic N) is 3. The Labute approximate surface area is 89.6 Å². The number of piperazine rings is 1. The van der Waals surface area contributed by atoms with Gasteiger partial charge in [0.05, 0.1) is 0 Å². The number of hydrogen-bond acceptors (Lipinski definition) is 3. The third kappa shape index (κ3) is 2.14. The van der Waals surface area contributed by atoms with Gasteiger partial charge in [-0.05, 0) is 0 Å². The van der Waals surface area contributed by atoms with Gasteiger partial charge >= 0.3 is 0 Å². The quantitative estimate of drug-likeness (QED) is 0.558. The minimum atomic E-state index is -3.21. The molecule has 0 radical (unpaired) electrons. The van der Waals surface area contributed by atoms with Crippen molar-refractivity contribution < 1.29 is 13.2 Å². The number of carbonyl (C=O) groups is 1. The van der Waals surface area contributed by atoms with Crippen molar-refractivity contribution in [2.45, 2.75) is 6.92 Å². The first-order chi connectivity index (χ1) is 7.01. The van der Waals surface area contributed by atoms with E-state index in [0.29, 0.717) is 39.3 Å². The van der Waals surface area contributed by atoms with Crippen molar-refractivity contribution in [2.75, 3.05) is 39.3 Å². The Hall–Kier alpha value is -0.660. The second kappa shape index (κ2) is 3.73. The summed E-state index contributed by atoms with van der Waals surface area (Å²) >= 11 is 0. The molecule has 2 rings (SSSR count). The van der Waals surface area contributed by atoms with E-state index in [-0.39, 0.29) is 5.91 Å². The Kier molecular flexibility index (Phi) is 2.70.